The van der Waals surface area contributed by atoms with Crippen molar-refractivity contribution in [3.05, 3.63) is 34.9 Å². The molecule has 0 aromatic heterocycles. The maximum Gasteiger partial charge on any atom is 0.235 e. The Morgan fingerprint density at radius 1 is 1.00 bits per heavy atom. The molecule has 126 valence electrons. The lowest BCUT2D eigenvalue weighted by molar-refractivity contribution is -0.118. The first-order chi connectivity index (χ1) is 10.3. The molecule has 0 fully saturated rings. The van der Waals surface area contributed by atoms with Crippen molar-refractivity contribution in [2.24, 2.45) is 11.5 Å². The summed E-state index contributed by atoms with van der Waals surface area (Å²) in [6, 6.07) is -0.537. The van der Waals surface area contributed by atoms with E-state index < -0.39 is 11.9 Å². The minimum Gasteiger partial charge on any atom is -0.368 e. The predicted octanol–water partition coefficient (Wildman–Crippen LogP) is 3.95. The smallest absolute Gasteiger partial charge is 0.235 e. The van der Waals surface area contributed by atoms with Gasteiger partial charge >= 0.3 is 0 Å². The number of allylic oxidation sites excluding steroid dienone is 5. The summed E-state index contributed by atoms with van der Waals surface area (Å²) in [7, 11) is 0. The highest BCUT2D eigenvalue weighted by Gasteiger charge is 2.07. The molecule has 1 atom stereocenters. The van der Waals surface area contributed by atoms with Gasteiger partial charge in [0.15, 0.2) is 0 Å². The molecule has 0 aromatic rings. The first-order valence-electron chi connectivity index (χ1n) is 7.90. The summed E-state index contributed by atoms with van der Waals surface area (Å²) < 4.78 is 0. The predicted molar refractivity (Wildman–Crippen MR) is 99.9 cm³/mol. The Hall–Kier alpha value is -1.00. The molecular weight excluding hydrogens is 292 g/mol. The number of carbonyl (C=O) groups is 1. The van der Waals surface area contributed by atoms with Crippen LogP contribution in [0.1, 0.15) is 53.4 Å². The third kappa shape index (κ3) is 12.7. The quantitative estimate of drug-likeness (QED) is 0.446. The van der Waals surface area contributed by atoms with Gasteiger partial charge in [0.2, 0.25) is 5.91 Å². The zero-order chi connectivity index (χ0) is 17.0. The number of amides is 1. The Morgan fingerprint density at radius 2 is 1.55 bits per heavy atom. The maximum absolute atomic E-state index is 10.8. The zero-order valence-corrected chi connectivity index (χ0v) is 15.3. The van der Waals surface area contributed by atoms with E-state index in [4.69, 9.17) is 11.5 Å². The molecule has 0 saturated carbocycles. The van der Waals surface area contributed by atoms with Crippen LogP contribution >= 0.6 is 11.8 Å². The van der Waals surface area contributed by atoms with Crippen molar-refractivity contribution in [3.63, 3.8) is 0 Å². The fraction of sp³-hybridized carbons (Fsp3) is 0.611. The minimum atomic E-state index is -0.537. The van der Waals surface area contributed by atoms with E-state index in [-0.39, 0.29) is 0 Å². The van der Waals surface area contributed by atoms with E-state index in [1.165, 1.54) is 16.7 Å². The summed E-state index contributed by atoms with van der Waals surface area (Å²) >= 11 is 1.65. The van der Waals surface area contributed by atoms with E-state index in [0.29, 0.717) is 5.75 Å². The van der Waals surface area contributed by atoms with Gasteiger partial charge in [0, 0.05) is 11.5 Å². The average Bonchev–Trinajstić information content (AvgIpc) is 2.42. The van der Waals surface area contributed by atoms with Gasteiger partial charge < -0.3 is 11.5 Å². The van der Waals surface area contributed by atoms with Crippen molar-refractivity contribution in [2.75, 3.05) is 11.5 Å². The Kier molecular flexibility index (Phi) is 12.0. The summed E-state index contributed by atoms with van der Waals surface area (Å²) in [5.74, 6) is 1.04. The van der Waals surface area contributed by atoms with Crippen LogP contribution < -0.4 is 11.5 Å². The van der Waals surface area contributed by atoms with Crippen LogP contribution in [0.5, 0.6) is 0 Å². The molecule has 1 amide bonds. The van der Waals surface area contributed by atoms with Crippen molar-refractivity contribution >= 4 is 17.7 Å². The van der Waals surface area contributed by atoms with Gasteiger partial charge in [-0.05, 0) is 53.4 Å². The Labute approximate surface area is 140 Å². The molecule has 22 heavy (non-hydrogen) atoms. The van der Waals surface area contributed by atoms with Crippen LogP contribution in [0.25, 0.3) is 0 Å². The molecule has 3 nitrogen and oxygen atoms in total. The van der Waals surface area contributed by atoms with Crippen LogP contribution in [-0.2, 0) is 4.79 Å². The van der Waals surface area contributed by atoms with E-state index in [9.17, 15) is 4.79 Å². The Morgan fingerprint density at radius 3 is 2.09 bits per heavy atom. The third-order valence-electron chi connectivity index (χ3n) is 3.34. The van der Waals surface area contributed by atoms with Crippen LogP contribution in [0.15, 0.2) is 34.9 Å². The Bertz CT molecular complexity index is 421. The maximum atomic E-state index is 10.8. The summed E-state index contributed by atoms with van der Waals surface area (Å²) in [5.41, 5.74) is 14.9. The molecule has 4 heteroatoms. The van der Waals surface area contributed by atoms with Gasteiger partial charge in [0.25, 0.3) is 0 Å². The summed E-state index contributed by atoms with van der Waals surface area (Å²) in [5, 5.41) is 0. The van der Waals surface area contributed by atoms with Gasteiger partial charge in [-0.3, -0.25) is 4.79 Å². The topological polar surface area (TPSA) is 69.1 Å². The van der Waals surface area contributed by atoms with Crippen molar-refractivity contribution in [1.29, 1.82) is 0 Å². The highest BCUT2D eigenvalue weighted by Crippen LogP contribution is 2.12. The average molecular weight is 325 g/mol. The van der Waals surface area contributed by atoms with E-state index in [0.717, 1.165) is 31.4 Å². The van der Waals surface area contributed by atoms with E-state index >= 15 is 0 Å². The third-order valence-corrected chi connectivity index (χ3v) is 4.33. The SMILES string of the molecule is CC(C)=CCC/C(C)=C/CC/C(C)=C/CSCC(N)C(N)=O. The molecule has 0 bridgehead atoms. The summed E-state index contributed by atoms with van der Waals surface area (Å²) in [6.07, 6.45) is 11.3. The highest BCUT2D eigenvalue weighted by molar-refractivity contribution is 7.99. The van der Waals surface area contributed by atoms with Crippen LogP contribution in [0.2, 0.25) is 0 Å². The zero-order valence-electron chi connectivity index (χ0n) is 14.5. The lowest BCUT2D eigenvalue weighted by atomic mass is 10.1. The number of primary amides is 1. The van der Waals surface area contributed by atoms with Gasteiger partial charge in [-0.25, -0.2) is 0 Å². The molecule has 0 radical (unpaired) electrons. The van der Waals surface area contributed by atoms with Gasteiger partial charge in [-0.1, -0.05) is 34.9 Å². The minimum absolute atomic E-state index is 0.429. The second-order valence-corrected chi connectivity index (χ2v) is 7.08. The van der Waals surface area contributed by atoms with Gasteiger partial charge in [-0.15, -0.1) is 0 Å². The lowest BCUT2D eigenvalue weighted by Crippen LogP contribution is -2.38. The van der Waals surface area contributed by atoms with Crippen LogP contribution in [0.4, 0.5) is 0 Å². The molecule has 4 N–H and O–H groups in total. The molecule has 0 saturated heterocycles. The Balaban J connectivity index is 3.87. The number of hydrogen-bond acceptors (Lipinski definition) is 3. The van der Waals surface area contributed by atoms with Gasteiger partial charge in [0.1, 0.15) is 0 Å². The number of hydrogen-bond donors (Lipinski definition) is 2. The number of nitrogens with two attached hydrogens (primary N) is 2. The van der Waals surface area contributed by atoms with E-state index in [1.54, 1.807) is 11.8 Å². The highest BCUT2D eigenvalue weighted by atomic mass is 32.2. The molecule has 0 rings (SSSR count). The molecule has 0 aliphatic rings. The fourth-order valence-electron chi connectivity index (χ4n) is 1.82. The van der Waals surface area contributed by atoms with Gasteiger partial charge in [-0.2, -0.15) is 11.8 Å². The largest absolute Gasteiger partial charge is 0.368 e. The molecule has 0 aliphatic carbocycles. The van der Waals surface area contributed by atoms with Crippen molar-refractivity contribution in [2.45, 2.75) is 59.4 Å². The van der Waals surface area contributed by atoms with Crippen LogP contribution in [0, 0.1) is 0 Å². The van der Waals surface area contributed by atoms with Crippen molar-refractivity contribution < 1.29 is 4.79 Å². The monoisotopic (exact) mass is 324 g/mol. The lowest BCUT2D eigenvalue weighted by Gasteiger charge is -2.05. The van der Waals surface area contributed by atoms with E-state index in [2.05, 4.69) is 45.9 Å². The fourth-order valence-corrected chi connectivity index (χ4v) is 2.77. The molecule has 0 spiro atoms. The number of carbonyl (C=O) groups excluding carboxylic acids is 1. The molecular formula is C18H32N2OS. The first kappa shape index (κ1) is 21.0. The van der Waals surface area contributed by atoms with Crippen molar-refractivity contribution in [3.8, 4) is 0 Å². The molecule has 0 heterocycles. The van der Waals surface area contributed by atoms with Crippen molar-refractivity contribution in [1.82, 2.24) is 0 Å². The van der Waals surface area contributed by atoms with Gasteiger partial charge in [0.05, 0.1) is 6.04 Å². The summed E-state index contributed by atoms with van der Waals surface area (Å²) in [6.45, 7) is 8.64. The molecule has 1 unspecified atom stereocenters. The van der Waals surface area contributed by atoms with Crippen LogP contribution in [-0.4, -0.2) is 23.5 Å². The second-order valence-electron chi connectivity index (χ2n) is 6.01. The first-order valence-corrected chi connectivity index (χ1v) is 9.05. The molecule has 0 aliphatic heterocycles. The van der Waals surface area contributed by atoms with Crippen LogP contribution in [0.3, 0.4) is 0 Å². The summed E-state index contributed by atoms with van der Waals surface area (Å²) in [4.78, 5) is 10.8. The molecule has 0 aromatic carbocycles. The normalized spacial score (nSPS) is 13.9. The number of rotatable bonds is 11. The second kappa shape index (κ2) is 12.5. The number of thioether (sulfide) groups is 1. The standard InChI is InChI=1S/C18H32N2OS/c1-14(2)7-5-8-15(3)9-6-10-16(4)11-12-22-13-17(19)18(20)21/h7,9,11,17H,5-6,8,10,12-13,19H2,1-4H3,(H2,20,21)/b15-9+,16-11+. The van der Waals surface area contributed by atoms with E-state index in [1.807, 2.05) is 0 Å².